The highest BCUT2D eigenvalue weighted by Gasteiger charge is 2.53. The molecule has 0 spiro atoms. The zero-order valence-electron chi connectivity index (χ0n) is 22.8. The molecular weight excluding hydrogens is 683 g/mol. The van der Waals surface area contributed by atoms with Gasteiger partial charge in [-0.1, -0.05) is 12.2 Å². The molecule has 242 valence electrons. The van der Waals surface area contributed by atoms with E-state index in [1.54, 1.807) is 0 Å². The number of alkyl halides is 1. The summed E-state index contributed by atoms with van der Waals surface area (Å²) in [4.78, 5) is 31.3. The standard InChI is InChI=1S/C21H24FN9O10P2S2/c1-35-13-6-2-36-42(33)40-12-7(39-20(8(12)22)31-5-27-11-17(23)25-4-26-18(11)31)3-37-43(34,44)41-14(13)15(38-6)16-9-10(30-45-16)19(32)29-21(24)28-9/h4-8,12-15,20,42H,2-3H2,1H3,(H,34,44)(H2,23,25,26)(H3,24,28,29,32)/t6-,7-,8-,12-,13-,14-,15-,20-,43-/m1/s1. The van der Waals surface area contributed by atoms with Gasteiger partial charge in [-0.3, -0.25) is 28.0 Å². The van der Waals surface area contributed by atoms with Crippen molar-refractivity contribution in [2.75, 3.05) is 31.8 Å². The number of imidazole rings is 1. The van der Waals surface area contributed by atoms with Crippen molar-refractivity contribution in [1.82, 2.24) is 33.9 Å². The summed E-state index contributed by atoms with van der Waals surface area (Å²) in [6, 6.07) is 0. The number of aromatic nitrogens is 7. The van der Waals surface area contributed by atoms with Crippen LogP contribution in [-0.4, -0.2) is 90.9 Å². The van der Waals surface area contributed by atoms with Crippen LogP contribution in [0.25, 0.3) is 22.2 Å². The Bertz CT molecular complexity index is 1900. The second-order valence-electron chi connectivity index (χ2n) is 10.1. The van der Waals surface area contributed by atoms with Gasteiger partial charge in [-0.2, -0.15) is 4.37 Å². The minimum atomic E-state index is -4.30. The van der Waals surface area contributed by atoms with Crippen LogP contribution in [0.4, 0.5) is 16.2 Å². The lowest BCUT2D eigenvalue weighted by Gasteiger charge is -2.26. The molecule has 0 aromatic carbocycles. The molecule has 0 amide bonds. The molecule has 0 radical (unpaired) electrons. The van der Waals surface area contributed by atoms with E-state index in [0.29, 0.717) is 4.88 Å². The number of methoxy groups -OCH3 is 1. The molecule has 0 saturated carbocycles. The third-order valence-electron chi connectivity index (χ3n) is 7.41. The fourth-order valence-electron chi connectivity index (χ4n) is 5.44. The van der Waals surface area contributed by atoms with E-state index in [2.05, 4.69) is 41.5 Å². The van der Waals surface area contributed by atoms with Crippen LogP contribution < -0.4 is 17.0 Å². The molecule has 2 bridgehead atoms. The quantitative estimate of drug-likeness (QED) is 0.173. The number of nitrogens with zero attached hydrogens (tertiary/aromatic N) is 6. The molecule has 4 aromatic rings. The fourth-order valence-corrected chi connectivity index (χ4v) is 8.65. The zero-order valence-corrected chi connectivity index (χ0v) is 26.4. The Labute approximate surface area is 260 Å². The second kappa shape index (κ2) is 11.9. The Morgan fingerprint density at radius 2 is 2.00 bits per heavy atom. The van der Waals surface area contributed by atoms with Crippen molar-refractivity contribution in [2.24, 2.45) is 0 Å². The smallest absolute Gasteiger partial charge is 0.382 e. The average molecular weight is 708 g/mol. The van der Waals surface area contributed by atoms with Crippen LogP contribution in [0.5, 0.6) is 0 Å². The van der Waals surface area contributed by atoms with Gasteiger partial charge in [0.25, 0.3) is 5.56 Å². The number of H-pyrrole nitrogens is 1. The summed E-state index contributed by atoms with van der Waals surface area (Å²) in [5, 5.41) is 0. The molecule has 3 saturated heterocycles. The molecule has 7 heterocycles. The molecular formula is C21H24FN9O10P2S2. The second-order valence-corrected chi connectivity index (χ2v) is 14.8. The van der Waals surface area contributed by atoms with E-state index in [1.807, 2.05) is 0 Å². The van der Waals surface area contributed by atoms with E-state index < -0.39 is 76.2 Å². The number of halogens is 1. The Hall–Kier alpha value is -2.62. The number of hydrogen-bond acceptors (Lipinski definition) is 18. The number of nitrogens with one attached hydrogen (secondary N) is 1. The lowest BCUT2D eigenvalue weighted by Crippen LogP contribution is -2.36. The van der Waals surface area contributed by atoms with Crippen molar-refractivity contribution in [1.29, 1.82) is 0 Å². The number of anilines is 2. The monoisotopic (exact) mass is 707 g/mol. The highest BCUT2D eigenvalue weighted by Crippen LogP contribution is 2.58. The number of nitrogen functional groups attached to an aromatic ring is 2. The number of hydrogen-bond donors (Lipinski definition) is 4. The molecule has 45 heavy (non-hydrogen) atoms. The molecule has 19 nitrogen and oxygen atoms in total. The predicted octanol–water partition coefficient (Wildman–Crippen LogP) is 1.32. The van der Waals surface area contributed by atoms with E-state index in [0.717, 1.165) is 11.5 Å². The normalized spacial score (nSPS) is 36.0. The molecule has 0 aliphatic carbocycles. The minimum Gasteiger partial charge on any atom is -0.382 e. The van der Waals surface area contributed by atoms with Gasteiger partial charge in [0.2, 0.25) is 5.95 Å². The molecule has 5 N–H and O–H groups in total. The van der Waals surface area contributed by atoms with E-state index in [-0.39, 0.29) is 40.6 Å². The maximum atomic E-state index is 15.9. The maximum absolute atomic E-state index is 15.9. The van der Waals surface area contributed by atoms with E-state index in [4.69, 9.17) is 43.8 Å². The minimum absolute atomic E-state index is 0.00189. The summed E-state index contributed by atoms with van der Waals surface area (Å²) in [5.74, 6) is -0.0910. The van der Waals surface area contributed by atoms with E-state index in [1.165, 1.54) is 24.3 Å². The van der Waals surface area contributed by atoms with Crippen LogP contribution in [0.1, 0.15) is 17.2 Å². The third kappa shape index (κ3) is 5.57. The molecule has 1 unspecified atom stereocenters. The largest absolute Gasteiger partial charge is 0.386 e. The van der Waals surface area contributed by atoms with Gasteiger partial charge < -0.3 is 34.7 Å². The Balaban J connectivity index is 1.20. The summed E-state index contributed by atoms with van der Waals surface area (Å²) in [5.41, 5.74) is 11.6. The first kappa shape index (κ1) is 31.0. The van der Waals surface area contributed by atoms with Crippen molar-refractivity contribution in [3.63, 3.8) is 0 Å². The first-order valence-electron chi connectivity index (χ1n) is 13.1. The number of ether oxygens (including phenoxy) is 3. The van der Waals surface area contributed by atoms with Gasteiger partial charge in [0.05, 0.1) is 24.4 Å². The molecule has 4 aromatic heterocycles. The van der Waals surface area contributed by atoms with Gasteiger partial charge in [0, 0.05) is 7.11 Å². The van der Waals surface area contributed by atoms with Crippen LogP contribution in [0.3, 0.4) is 0 Å². The van der Waals surface area contributed by atoms with Crippen molar-refractivity contribution >= 4 is 72.8 Å². The first-order chi connectivity index (χ1) is 21.5. The van der Waals surface area contributed by atoms with Crippen LogP contribution in [0, 0.1) is 0 Å². The van der Waals surface area contributed by atoms with E-state index in [9.17, 15) is 13.9 Å². The van der Waals surface area contributed by atoms with Crippen LogP contribution in [-0.2, 0) is 41.4 Å². The number of nitrogens with two attached hydrogens (primary N) is 2. The topological polar surface area (TPSA) is 253 Å². The van der Waals surface area contributed by atoms with E-state index >= 15 is 4.39 Å². The zero-order chi connectivity index (χ0) is 31.6. The first-order valence-corrected chi connectivity index (χ1v) is 17.8. The maximum Gasteiger partial charge on any atom is 0.386 e. The van der Waals surface area contributed by atoms with Crippen molar-refractivity contribution in [3.05, 3.63) is 27.9 Å². The number of thiol groups is 1. The number of aromatic amines is 1. The molecule has 24 heteroatoms. The third-order valence-corrected chi connectivity index (χ3v) is 10.8. The summed E-state index contributed by atoms with van der Waals surface area (Å²) >= 11 is 5.03. The molecule has 3 aliphatic heterocycles. The Morgan fingerprint density at radius 3 is 2.80 bits per heavy atom. The molecule has 10 atom stereocenters. The lowest BCUT2D eigenvalue weighted by molar-refractivity contribution is -0.0450. The van der Waals surface area contributed by atoms with Gasteiger partial charge in [0.15, 0.2) is 29.4 Å². The van der Waals surface area contributed by atoms with Gasteiger partial charge in [-0.15, -0.1) is 0 Å². The summed E-state index contributed by atoms with van der Waals surface area (Å²) in [6.07, 6.45) is -7.89. The number of fused-ring (bicyclic) bond motifs is 5. The van der Waals surface area contributed by atoms with Crippen LogP contribution >= 0.6 is 38.8 Å². The SMILES string of the molecule is CO[C@H]1[C@H]2O[P@](=O)(S)OC[C@H]3O[C@@H](n4cnc5c(N)ncnc54)[C@H](F)[C@@H]3O[PH](=O)OC[C@H]1O[C@H]2c1snc2c(=O)[nH]c(N)nc12. The molecule has 3 aliphatic rings. The van der Waals surface area contributed by atoms with Crippen LogP contribution in [0.15, 0.2) is 17.4 Å². The number of rotatable bonds is 3. The predicted molar refractivity (Wildman–Crippen MR) is 157 cm³/mol. The summed E-state index contributed by atoms with van der Waals surface area (Å²) < 4.78 is 88.1. The highest BCUT2D eigenvalue weighted by atomic mass is 32.7. The Morgan fingerprint density at radius 1 is 1.18 bits per heavy atom. The van der Waals surface area contributed by atoms with Gasteiger partial charge in [0.1, 0.15) is 54.0 Å². The lowest BCUT2D eigenvalue weighted by atomic mass is 10.1. The van der Waals surface area contributed by atoms with Crippen molar-refractivity contribution < 1.29 is 45.8 Å². The summed E-state index contributed by atoms with van der Waals surface area (Å²) in [7, 11) is -2.05. The van der Waals surface area contributed by atoms with Crippen molar-refractivity contribution in [3.8, 4) is 0 Å². The van der Waals surface area contributed by atoms with Gasteiger partial charge in [-0.25, -0.2) is 28.9 Å². The highest BCUT2D eigenvalue weighted by molar-refractivity contribution is 8.44. The van der Waals surface area contributed by atoms with Crippen molar-refractivity contribution in [2.45, 2.75) is 49.0 Å². The van der Waals surface area contributed by atoms with Gasteiger partial charge >= 0.3 is 15.1 Å². The summed E-state index contributed by atoms with van der Waals surface area (Å²) in [6.45, 7) is -5.25. The van der Waals surface area contributed by atoms with Gasteiger partial charge in [-0.05, 0) is 11.5 Å². The Kier molecular flexibility index (Phi) is 8.18. The molecule has 7 rings (SSSR count). The molecule has 3 fully saturated rings. The fraction of sp³-hybridized carbons (Fsp3) is 0.524. The van der Waals surface area contributed by atoms with Crippen LogP contribution in [0.2, 0.25) is 0 Å². The average Bonchev–Trinajstić information content (AvgIpc) is 3.75.